The van der Waals surface area contributed by atoms with Crippen molar-refractivity contribution in [3.8, 4) is 0 Å². The summed E-state index contributed by atoms with van der Waals surface area (Å²) in [6, 6.07) is 5.11. The summed E-state index contributed by atoms with van der Waals surface area (Å²) in [5.74, 6) is -0.270. The van der Waals surface area contributed by atoms with Crippen LogP contribution >= 0.6 is 0 Å². The Morgan fingerprint density at radius 2 is 2.08 bits per heavy atom. The van der Waals surface area contributed by atoms with Gasteiger partial charge in [-0.1, -0.05) is 6.07 Å². The number of amides is 1. The average molecular weight is 360 g/mol. The van der Waals surface area contributed by atoms with Gasteiger partial charge in [0.2, 0.25) is 0 Å². The van der Waals surface area contributed by atoms with Crippen molar-refractivity contribution < 1.29 is 18.7 Å². The molecule has 3 aliphatic rings. The van der Waals surface area contributed by atoms with Crippen molar-refractivity contribution in [2.24, 2.45) is 0 Å². The van der Waals surface area contributed by atoms with E-state index in [0.717, 1.165) is 37.9 Å². The smallest absolute Gasteiger partial charge is 0.409 e. The summed E-state index contributed by atoms with van der Waals surface area (Å²) >= 11 is 0. The van der Waals surface area contributed by atoms with Crippen LogP contribution in [0.15, 0.2) is 18.2 Å². The lowest BCUT2D eigenvalue weighted by Crippen LogP contribution is -2.47. The fourth-order valence-electron chi connectivity index (χ4n) is 4.92. The molecule has 1 spiro atoms. The molecule has 1 aromatic carbocycles. The highest BCUT2D eigenvalue weighted by Crippen LogP contribution is 2.46. The molecule has 0 aromatic heterocycles. The van der Waals surface area contributed by atoms with Crippen LogP contribution in [0, 0.1) is 5.82 Å². The molecule has 5 nitrogen and oxygen atoms in total. The molecule has 6 heteroatoms. The lowest BCUT2D eigenvalue weighted by atomic mass is 9.81. The Morgan fingerprint density at radius 3 is 2.81 bits per heavy atom. The molecular weight excluding hydrogens is 335 g/mol. The maximum atomic E-state index is 13.5. The van der Waals surface area contributed by atoms with Gasteiger partial charge in [0.1, 0.15) is 5.82 Å². The summed E-state index contributed by atoms with van der Waals surface area (Å²) in [5, 5.41) is 0. The Morgan fingerprint density at radius 1 is 1.31 bits per heavy atom. The van der Waals surface area contributed by atoms with E-state index in [-0.39, 0.29) is 23.1 Å². The van der Waals surface area contributed by atoms with Crippen LogP contribution in [0.4, 0.5) is 9.18 Å². The summed E-state index contributed by atoms with van der Waals surface area (Å²) in [5.41, 5.74) is 1.44. The second-order valence-corrected chi connectivity index (χ2v) is 7.71. The minimum Gasteiger partial charge on any atom is -0.450 e. The molecule has 2 heterocycles. The van der Waals surface area contributed by atoms with Crippen molar-refractivity contribution in [2.45, 2.75) is 44.1 Å². The third-order valence-electron chi connectivity index (χ3n) is 6.24. The zero-order valence-corrected chi connectivity index (χ0v) is 15.2. The van der Waals surface area contributed by atoms with Crippen molar-refractivity contribution in [3.63, 3.8) is 0 Å². The van der Waals surface area contributed by atoms with Crippen molar-refractivity contribution in [3.05, 3.63) is 35.1 Å². The number of fused-ring (bicyclic) bond motifs is 2. The van der Waals surface area contributed by atoms with E-state index in [1.807, 2.05) is 13.0 Å². The standard InChI is InChI=1S/C20H25FN2O3/c1-2-26-19(25)22-8-5-15(6-9-22)23-10-7-20(13-23)12-18(24)16-11-14(21)3-4-17(16)20/h3-4,11,15H,2,5-10,12-13H2,1H3. The largest absolute Gasteiger partial charge is 0.450 e. The van der Waals surface area contributed by atoms with Crippen LogP contribution in [0.1, 0.15) is 48.5 Å². The predicted molar refractivity (Wildman–Crippen MR) is 94.8 cm³/mol. The second-order valence-electron chi connectivity index (χ2n) is 7.71. The molecule has 0 saturated carbocycles. The lowest BCUT2D eigenvalue weighted by molar-refractivity contribution is 0.0785. The first-order valence-corrected chi connectivity index (χ1v) is 9.51. The molecule has 1 aromatic rings. The average Bonchev–Trinajstić information content (AvgIpc) is 3.17. The number of hydrogen-bond donors (Lipinski definition) is 0. The van der Waals surface area contributed by atoms with Crippen LogP contribution in [0.5, 0.6) is 0 Å². The Bertz CT molecular complexity index is 730. The number of Topliss-reactive ketones (excluding diaryl/α,β-unsaturated/α-hetero) is 1. The Labute approximate surface area is 153 Å². The molecule has 1 unspecified atom stereocenters. The van der Waals surface area contributed by atoms with E-state index in [0.29, 0.717) is 37.7 Å². The van der Waals surface area contributed by atoms with Crippen LogP contribution in [0.25, 0.3) is 0 Å². The van der Waals surface area contributed by atoms with Gasteiger partial charge in [-0.3, -0.25) is 9.69 Å². The van der Waals surface area contributed by atoms with Gasteiger partial charge < -0.3 is 9.64 Å². The first kappa shape index (κ1) is 17.5. The van der Waals surface area contributed by atoms with Crippen molar-refractivity contribution in [1.82, 2.24) is 9.80 Å². The van der Waals surface area contributed by atoms with E-state index in [1.54, 1.807) is 4.90 Å². The monoisotopic (exact) mass is 360 g/mol. The summed E-state index contributed by atoms with van der Waals surface area (Å²) in [7, 11) is 0. The minimum absolute atomic E-state index is 0.0680. The first-order chi connectivity index (χ1) is 12.5. The predicted octanol–water partition coefficient (Wildman–Crippen LogP) is 2.98. The lowest BCUT2D eigenvalue weighted by Gasteiger charge is -2.37. The van der Waals surface area contributed by atoms with Gasteiger partial charge in [-0.2, -0.15) is 0 Å². The van der Waals surface area contributed by atoms with Gasteiger partial charge in [-0.25, -0.2) is 9.18 Å². The van der Waals surface area contributed by atoms with Crippen LogP contribution in [0.3, 0.4) is 0 Å². The highest BCUT2D eigenvalue weighted by Gasteiger charge is 2.49. The van der Waals surface area contributed by atoms with Crippen molar-refractivity contribution in [2.75, 3.05) is 32.8 Å². The molecule has 26 heavy (non-hydrogen) atoms. The highest BCUT2D eigenvalue weighted by atomic mass is 19.1. The van der Waals surface area contributed by atoms with Gasteiger partial charge in [0.25, 0.3) is 0 Å². The minimum atomic E-state index is -0.338. The molecule has 140 valence electrons. The number of carbonyl (C=O) groups is 2. The van der Waals surface area contributed by atoms with Crippen LogP contribution in [-0.4, -0.2) is 60.5 Å². The maximum Gasteiger partial charge on any atom is 0.409 e. The molecule has 4 rings (SSSR count). The third-order valence-corrected chi connectivity index (χ3v) is 6.24. The number of benzene rings is 1. The quantitative estimate of drug-likeness (QED) is 0.814. The SMILES string of the molecule is CCOC(=O)N1CCC(N2CCC3(CC(=O)c4cc(F)ccc43)C2)CC1. The number of ketones is 1. The number of carbonyl (C=O) groups excluding carboxylic acids is 2. The van der Waals surface area contributed by atoms with E-state index >= 15 is 0 Å². The molecule has 1 aliphatic carbocycles. The number of rotatable bonds is 2. The van der Waals surface area contributed by atoms with E-state index in [1.165, 1.54) is 12.1 Å². The van der Waals surface area contributed by atoms with Gasteiger partial charge in [0.05, 0.1) is 6.61 Å². The topological polar surface area (TPSA) is 49.9 Å². The second kappa shape index (κ2) is 6.65. The molecule has 2 aliphatic heterocycles. The van der Waals surface area contributed by atoms with Gasteiger partial charge in [-0.05, 0) is 50.4 Å². The van der Waals surface area contributed by atoms with Crippen LogP contribution in [-0.2, 0) is 10.2 Å². The zero-order valence-electron chi connectivity index (χ0n) is 15.2. The van der Waals surface area contributed by atoms with Gasteiger partial charge in [0.15, 0.2) is 5.78 Å². The molecule has 0 radical (unpaired) electrons. The molecule has 1 atom stereocenters. The van der Waals surface area contributed by atoms with Gasteiger partial charge in [-0.15, -0.1) is 0 Å². The molecule has 1 amide bonds. The highest BCUT2D eigenvalue weighted by molar-refractivity contribution is 6.02. The summed E-state index contributed by atoms with van der Waals surface area (Å²) < 4.78 is 18.6. The molecular formula is C20H25FN2O3. The fourth-order valence-corrected chi connectivity index (χ4v) is 4.92. The normalized spacial score (nSPS) is 26.5. The fraction of sp³-hybridized carbons (Fsp3) is 0.600. The van der Waals surface area contributed by atoms with Crippen molar-refractivity contribution >= 4 is 11.9 Å². The summed E-state index contributed by atoms with van der Waals surface area (Å²) in [4.78, 5) is 28.5. The summed E-state index contributed by atoms with van der Waals surface area (Å²) in [6.45, 7) is 5.46. The van der Waals surface area contributed by atoms with Gasteiger partial charge >= 0.3 is 6.09 Å². The van der Waals surface area contributed by atoms with Crippen LogP contribution in [0.2, 0.25) is 0 Å². The number of hydrogen-bond acceptors (Lipinski definition) is 4. The number of ether oxygens (including phenoxy) is 1. The molecule has 2 saturated heterocycles. The molecule has 0 bridgehead atoms. The Kier molecular flexibility index (Phi) is 4.47. The zero-order chi connectivity index (χ0) is 18.3. The maximum absolute atomic E-state index is 13.5. The van der Waals surface area contributed by atoms with E-state index in [9.17, 15) is 14.0 Å². The van der Waals surface area contributed by atoms with Gasteiger partial charge in [0, 0.05) is 43.1 Å². The summed E-state index contributed by atoms with van der Waals surface area (Å²) in [6.07, 6.45) is 3.07. The van der Waals surface area contributed by atoms with Crippen molar-refractivity contribution in [1.29, 1.82) is 0 Å². The van der Waals surface area contributed by atoms with E-state index in [2.05, 4.69) is 4.90 Å². The Balaban J connectivity index is 1.43. The first-order valence-electron chi connectivity index (χ1n) is 9.51. The molecule has 2 fully saturated rings. The number of halogens is 1. The Hall–Kier alpha value is -1.95. The number of likely N-dealkylation sites (tertiary alicyclic amines) is 2. The molecule has 0 N–H and O–H groups in total. The number of nitrogens with zero attached hydrogens (tertiary/aromatic N) is 2. The van der Waals surface area contributed by atoms with E-state index < -0.39 is 0 Å². The van der Waals surface area contributed by atoms with Crippen LogP contribution < -0.4 is 0 Å². The van der Waals surface area contributed by atoms with E-state index in [4.69, 9.17) is 4.74 Å². The number of piperidine rings is 1. The third kappa shape index (κ3) is 2.90.